The Labute approximate surface area is 167 Å². The van der Waals surface area contributed by atoms with Gasteiger partial charge >= 0.3 is 0 Å². The molecule has 0 aliphatic heterocycles. The second-order valence-electron chi connectivity index (χ2n) is 5.94. The second-order valence-corrected chi connectivity index (χ2v) is 5.94. The number of aromatic nitrogens is 4. The van der Waals surface area contributed by atoms with Gasteiger partial charge in [0.2, 0.25) is 5.88 Å². The summed E-state index contributed by atoms with van der Waals surface area (Å²) in [5.74, 6) is 0.687. The summed E-state index contributed by atoms with van der Waals surface area (Å²) in [4.78, 5) is 32.2. The topological polar surface area (TPSA) is 108 Å². The summed E-state index contributed by atoms with van der Waals surface area (Å²) >= 11 is 0. The van der Waals surface area contributed by atoms with Crippen molar-refractivity contribution < 1.29 is 14.3 Å². The van der Waals surface area contributed by atoms with E-state index in [9.17, 15) is 9.59 Å². The third-order valence-corrected chi connectivity index (χ3v) is 4.03. The van der Waals surface area contributed by atoms with Crippen molar-refractivity contribution in [3.05, 3.63) is 64.8 Å². The molecule has 0 aliphatic rings. The summed E-state index contributed by atoms with van der Waals surface area (Å²) in [6.07, 6.45) is 1.27. The minimum atomic E-state index is -0.382. The lowest BCUT2D eigenvalue weighted by Crippen LogP contribution is -2.32. The van der Waals surface area contributed by atoms with Crippen molar-refractivity contribution in [3.63, 3.8) is 0 Å². The van der Waals surface area contributed by atoms with Crippen molar-refractivity contribution in [1.82, 2.24) is 25.1 Å². The van der Waals surface area contributed by atoms with Gasteiger partial charge in [0, 0.05) is 24.2 Å². The molecule has 0 aliphatic carbocycles. The van der Waals surface area contributed by atoms with E-state index in [1.54, 1.807) is 13.2 Å². The van der Waals surface area contributed by atoms with E-state index < -0.39 is 0 Å². The quantitative estimate of drug-likeness (QED) is 0.616. The Morgan fingerprint density at radius 3 is 2.66 bits per heavy atom. The zero-order valence-corrected chi connectivity index (χ0v) is 16.2. The van der Waals surface area contributed by atoms with E-state index in [0.29, 0.717) is 18.2 Å². The predicted molar refractivity (Wildman–Crippen MR) is 106 cm³/mol. The van der Waals surface area contributed by atoms with Gasteiger partial charge in [-0.1, -0.05) is 0 Å². The summed E-state index contributed by atoms with van der Waals surface area (Å²) in [7, 11) is 1.60. The first-order chi connectivity index (χ1) is 14.1. The molecule has 0 spiro atoms. The SMILES string of the molecule is CCOc1cc(C(=O)NCCn2nc(-c3ccc(OC)cc3)ccc2=O)ncn1. The molecule has 0 bridgehead atoms. The molecule has 2 aromatic heterocycles. The van der Waals surface area contributed by atoms with Gasteiger partial charge in [-0.2, -0.15) is 5.10 Å². The number of ether oxygens (including phenoxy) is 2. The fourth-order valence-corrected chi connectivity index (χ4v) is 2.58. The third kappa shape index (κ3) is 5.16. The van der Waals surface area contributed by atoms with Gasteiger partial charge in [-0.15, -0.1) is 0 Å². The Hall–Kier alpha value is -3.75. The molecular weight excluding hydrogens is 374 g/mol. The van der Waals surface area contributed by atoms with Crippen molar-refractivity contribution >= 4 is 5.91 Å². The normalized spacial score (nSPS) is 10.4. The molecule has 150 valence electrons. The second kappa shape index (κ2) is 9.45. The highest BCUT2D eigenvalue weighted by molar-refractivity contribution is 5.92. The lowest BCUT2D eigenvalue weighted by atomic mass is 10.1. The molecule has 0 unspecified atom stereocenters. The van der Waals surface area contributed by atoms with Crippen LogP contribution >= 0.6 is 0 Å². The number of carbonyl (C=O) groups is 1. The van der Waals surface area contributed by atoms with Crippen LogP contribution in [0.2, 0.25) is 0 Å². The van der Waals surface area contributed by atoms with Gasteiger partial charge in [0.1, 0.15) is 17.8 Å². The van der Waals surface area contributed by atoms with Gasteiger partial charge in [-0.05, 0) is 37.3 Å². The molecule has 0 fully saturated rings. The van der Waals surface area contributed by atoms with Crippen LogP contribution in [0.5, 0.6) is 11.6 Å². The Kier molecular flexibility index (Phi) is 6.51. The van der Waals surface area contributed by atoms with Crippen molar-refractivity contribution in [2.24, 2.45) is 0 Å². The molecule has 2 heterocycles. The molecule has 3 rings (SSSR count). The Morgan fingerprint density at radius 2 is 1.93 bits per heavy atom. The number of amides is 1. The molecule has 0 saturated heterocycles. The first kappa shape index (κ1) is 20.0. The lowest BCUT2D eigenvalue weighted by Gasteiger charge is -2.09. The van der Waals surface area contributed by atoms with Crippen molar-refractivity contribution in [2.75, 3.05) is 20.3 Å². The molecular formula is C20H21N5O4. The van der Waals surface area contributed by atoms with Crippen LogP contribution in [0.3, 0.4) is 0 Å². The van der Waals surface area contributed by atoms with E-state index in [0.717, 1.165) is 11.3 Å². The summed E-state index contributed by atoms with van der Waals surface area (Å²) in [5.41, 5.74) is 1.44. The van der Waals surface area contributed by atoms with Gasteiger partial charge in [0.15, 0.2) is 0 Å². The van der Waals surface area contributed by atoms with Gasteiger partial charge in [0.25, 0.3) is 11.5 Å². The summed E-state index contributed by atoms with van der Waals surface area (Å²) in [6.45, 7) is 2.70. The smallest absolute Gasteiger partial charge is 0.270 e. The zero-order valence-electron chi connectivity index (χ0n) is 16.2. The standard InChI is InChI=1S/C20H21N5O4/c1-3-29-18-12-17(22-13-23-18)20(27)21-10-11-25-19(26)9-8-16(24-25)14-4-6-15(28-2)7-5-14/h4-9,12-13H,3,10-11H2,1-2H3,(H,21,27). The highest BCUT2D eigenvalue weighted by atomic mass is 16.5. The Morgan fingerprint density at radius 1 is 1.14 bits per heavy atom. The molecule has 1 amide bonds. The maximum atomic E-state index is 12.2. The number of hydrogen-bond donors (Lipinski definition) is 1. The first-order valence-corrected chi connectivity index (χ1v) is 9.06. The monoisotopic (exact) mass is 395 g/mol. The average Bonchev–Trinajstić information content (AvgIpc) is 2.75. The third-order valence-electron chi connectivity index (χ3n) is 4.03. The van der Waals surface area contributed by atoms with Crippen molar-refractivity contribution in [2.45, 2.75) is 13.5 Å². The molecule has 0 saturated carbocycles. The highest BCUT2D eigenvalue weighted by Gasteiger charge is 2.10. The fourth-order valence-electron chi connectivity index (χ4n) is 2.58. The molecule has 9 nitrogen and oxygen atoms in total. The van der Waals surface area contributed by atoms with E-state index >= 15 is 0 Å². The van der Waals surface area contributed by atoms with E-state index in [4.69, 9.17) is 9.47 Å². The number of hydrogen-bond acceptors (Lipinski definition) is 7. The van der Waals surface area contributed by atoms with E-state index in [1.165, 1.54) is 23.1 Å². The fraction of sp³-hybridized carbons (Fsp3) is 0.250. The Bertz CT molecular complexity index is 1030. The number of benzene rings is 1. The van der Waals surface area contributed by atoms with Crippen LogP contribution in [0.25, 0.3) is 11.3 Å². The maximum absolute atomic E-state index is 12.2. The van der Waals surface area contributed by atoms with Crippen LogP contribution in [0.15, 0.2) is 53.6 Å². The van der Waals surface area contributed by atoms with Crippen LogP contribution in [0, 0.1) is 0 Å². The summed E-state index contributed by atoms with van der Waals surface area (Å²) in [6, 6.07) is 12.0. The van der Waals surface area contributed by atoms with Crippen molar-refractivity contribution in [3.8, 4) is 22.9 Å². The lowest BCUT2D eigenvalue weighted by molar-refractivity contribution is 0.0946. The largest absolute Gasteiger partial charge is 0.497 e. The van der Waals surface area contributed by atoms with E-state index in [1.807, 2.05) is 31.2 Å². The number of nitrogens with zero attached hydrogens (tertiary/aromatic N) is 4. The van der Waals surface area contributed by atoms with Gasteiger partial charge in [0.05, 0.1) is 26.0 Å². The van der Waals surface area contributed by atoms with Gasteiger partial charge < -0.3 is 14.8 Å². The molecule has 9 heteroatoms. The number of nitrogens with one attached hydrogen (secondary N) is 1. The number of carbonyl (C=O) groups excluding carboxylic acids is 1. The summed E-state index contributed by atoms with van der Waals surface area (Å²) < 4.78 is 11.7. The molecule has 1 N–H and O–H groups in total. The van der Waals surface area contributed by atoms with E-state index in [-0.39, 0.29) is 30.2 Å². The minimum absolute atomic E-state index is 0.190. The molecule has 3 aromatic rings. The molecule has 0 radical (unpaired) electrons. The molecule has 1 aromatic carbocycles. The van der Waals surface area contributed by atoms with Crippen molar-refractivity contribution in [1.29, 1.82) is 0 Å². The Balaban J connectivity index is 1.65. The number of rotatable bonds is 8. The van der Waals surface area contributed by atoms with Crippen LogP contribution in [-0.2, 0) is 6.54 Å². The predicted octanol–water partition coefficient (Wildman–Crippen LogP) is 1.54. The van der Waals surface area contributed by atoms with Crippen LogP contribution in [0.4, 0.5) is 0 Å². The maximum Gasteiger partial charge on any atom is 0.270 e. The van der Waals surface area contributed by atoms with Gasteiger partial charge in [-0.25, -0.2) is 14.6 Å². The number of methoxy groups -OCH3 is 1. The zero-order chi connectivity index (χ0) is 20.6. The minimum Gasteiger partial charge on any atom is -0.497 e. The van der Waals surface area contributed by atoms with Crippen LogP contribution in [-0.4, -0.2) is 45.9 Å². The van der Waals surface area contributed by atoms with E-state index in [2.05, 4.69) is 20.4 Å². The first-order valence-electron chi connectivity index (χ1n) is 9.06. The molecule has 29 heavy (non-hydrogen) atoms. The van der Waals surface area contributed by atoms with Gasteiger partial charge in [-0.3, -0.25) is 9.59 Å². The highest BCUT2D eigenvalue weighted by Crippen LogP contribution is 2.19. The summed E-state index contributed by atoms with van der Waals surface area (Å²) in [5, 5.41) is 7.09. The van der Waals surface area contributed by atoms with Crippen LogP contribution in [0.1, 0.15) is 17.4 Å². The molecule has 0 atom stereocenters. The van der Waals surface area contributed by atoms with Crippen LogP contribution < -0.4 is 20.3 Å². The average molecular weight is 395 g/mol.